The van der Waals surface area contributed by atoms with E-state index in [2.05, 4.69) is 17.0 Å². The van der Waals surface area contributed by atoms with Gasteiger partial charge in [-0.15, -0.1) is 0 Å². The van der Waals surface area contributed by atoms with Gasteiger partial charge in [0.25, 0.3) is 0 Å². The summed E-state index contributed by atoms with van der Waals surface area (Å²) >= 11 is 0. The zero-order chi connectivity index (χ0) is 11.5. The summed E-state index contributed by atoms with van der Waals surface area (Å²) in [5.41, 5.74) is 0.998. The highest BCUT2D eigenvalue weighted by atomic mass is 16.5. The predicted octanol–water partition coefficient (Wildman–Crippen LogP) is 1.47. The maximum Gasteiger partial charge on any atom is 0.341 e. The fourth-order valence-electron chi connectivity index (χ4n) is 1.55. The van der Waals surface area contributed by atoms with Gasteiger partial charge in [0.05, 0.1) is 7.11 Å². The first-order chi connectivity index (χ1) is 7.76. The number of methoxy groups -OCH3 is 1. The molecule has 16 heavy (non-hydrogen) atoms. The van der Waals surface area contributed by atoms with Crippen molar-refractivity contribution in [3.05, 3.63) is 29.7 Å². The highest BCUT2D eigenvalue weighted by Crippen LogP contribution is 2.10. The van der Waals surface area contributed by atoms with E-state index in [0.717, 1.165) is 18.7 Å². The molecule has 0 aromatic carbocycles. The van der Waals surface area contributed by atoms with Crippen LogP contribution in [0.2, 0.25) is 0 Å². The lowest BCUT2D eigenvalue weighted by Crippen LogP contribution is -2.04. The molecule has 0 saturated heterocycles. The monoisotopic (exact) mass is 219 g/mol. The molecule has 0 aliphatic rings. The fourth-order valence-corrected chi connectivity index (χ4v) is 1.55. The average Bonchev–Trinajstić information content (AvgIpc) is 2.70. The molecule has 0 bridgehead atoms. The molecular formula is C11H13N3O2. The molecule has 0 N–H and O–H groups in total. The van der Waals surface area contributed by atoms with Gasteiger partial charge in [0.2, 0.25) is 0 Å². The number of esters is 1. The second-order valence-electron chi connectivity index (χ2n) is 3.46. The maximum absolute atomic E-state index is 11.5. The molecule has 2 heterocycles. The highest BCUT2D eigenvalue weighted by molar-refractivity contribution is 5.95. The Morgan fingerprint density at radius 3 is 3.06 bits per heavy atom. The fraction of sp³-hybridized carbons (Fsp3) is 0.364. The Bertz CT molecular complexity index is 519. The van der Waals surface area contributed by atoms with E-state index in [4.69, 9.17) is 4.74 Å². The Balaban J connectivity index is 2.54. The number of pyridine rings is 1. The van der Waals surface area contributed by atoms with Gasteiger partial charge in [0.1, 0.15) is 5.56 Å². The van der Waals surface area contributed by atoms with Crippen LogP contribution in [0.15, 0.2) is 18.3 Å². The van der Waals surface area contributed by atoms with Crippen LogP contribution in [0.5, 0.6) is 0 Å². The van der Waals surface area contributed by atoms with Gasteiger partial charge in [-0.25, -0.2) is 14.3 Å². The van der Waals surface area contributed by atoms with Gasteiger partial charge in [-0.05, 0) is 18.6 Å². The van der Waals surface area contributed by atoms with Crippen molar-refractivity contribution in [1.29, 1.82) is 0 Å². The van der Waals surface area contributed by atoms with Crippen LogP contribution in [0.4, 0.5) is 0 Å². The molecule has 2 aromatic heterocycles. The summed E-state index contributed by atoms with van der Waals surface area (Å²) in [6, 6.07) is 3.44. The summed E-state index contributed by atoms with van der Waals surface area (Å²) in [5, 5.41) is 4.28. The number of rotatable bonds is 3. The zero-order valence-electron chi connectivity index (χ0n) is 9.30. The SMILES string of the molecule is CCCc1nc2c(C(=O)OC)cccn2n1. The number of nitrogens with zero attached hydrogens (tertiary/aromatic N) is 3. The number of aromatic nitrogens is 3. The van der Waals surface area contributed by atoms with Crippen LogP contribution < -0.4 is 0 Å². The van der Waals surface area contributed by atoms with Gasteiger partial charge in [-0.2, -0.15) is 5.10 Å². The molecule has 2 rings (SSSR count). The van der Waals surface area contributed by atoms with Gasteiger partial charge in [0, 0.05) is 12.6 Å². The van der Waals surface area contributed by atoms with Crippen LogP contribution in [-0.4, -0.2) is 27.7 Å². The van der Waals surface area contributed by atoms with Crippen molar-refractivity contribution in [1.82, 2.24) is 14.6 Å². The second-order valence-corrected chi connectivity index (χ2v) is 3.46. The van der Waals surface area contributed by atoms with Gasteiger partial charge in [-0.3, -0.25) is 0 Å². The van der Waals surface area contributed by atoms with Crippen LogP contribution in [0.3, 0.4) is 0 Å². The van der Waals surface area contributed by atoms with E-state index in [1.54, 1.807) is 22.8 Å². The molecule has 0 aliphatic heterocycles. The quantitative estimate of drug-likeness (QED) is 0.733. The van der Waals surface area contributed by atoms with Crippen molar-refractivity contribution in [3.63, 3.8) is 0 Å². The van der Waals surface area contributed by atoms with E-state index in [9.17, 15) is 4.79 Å². The number of carbonyl (C=O) groups excluding carboxylic acids is 1. The summed E-state index contributed by atoms with van der Waals surface area (Å²) in [6.07, 6.45) is 3.56. The molecular weight excluding hydrogens is 206 g/mol. The van der Waals surface area contributed by atoms with Crippen molar-refractivity contribution in [2.75, 3.05) is 7.11 Å². The first-order valence-electron chi connectivity index (χ1n) is 5.19. The van der Waals surface area contributed by atoms with Gasteiger partial charge < -0.3 is 4.74 Å². The van der Waals surface area contributed by atoms with Crippen LogP contribution in [0.25, 0.3) is 5.65 Å². The molecule has 0 fully saturated rings. The number of hydrogen-bond donors (Lipinski definition) is 0. The van der Waals surface area contributed by atoms with Crippen LogP contribution in [-0.2, 0) is 11.2 Å². The molecule has 0 saturated carbocycles. The van der Waals surface area contributed by atoms with Crippen molar-refractivity contribution in [2.45, 2.75) is 19.8 Å². The van der Waals surface area contributed by atoms with Gasteiger partial charge in [-0.1, -0.05) is 6.92 Å². The molecule has 0 radical (unpaired) electrons. The molecule has 5 nitrogen and oxygen atoms in total. The molecule has 0 spiro atoms. The van der Waals surface area contributed by atoms with Crippen molar-refractivity contribution >= 4 is 11.6 Å². The predicted molar refractivity (Wildman–Crippen MR) is 58.3 cm³/mol. The van der Waals surface area contributed by atoms with Gasteiger partial charge >= 0.3 is 5.97 Å². The summed E-state index contributed by atoms with van der Waals surface area (Å²) in [7, 11) is 1.36. The Hall–Kier alpha value is -1.91. The largest absolute Gasteiger partial charge is 0.465 e. The third kappa shape index (κ3) is 1.76. The van der Waals surface area contributed by atoms with E-state index >= 15 is 0 Å². The molecule has 0 amide bonds. The van der Waals surface area contributed by atoms with Crippen LogP contribution in [0.1, 0.15) is 29.5 Å². The standard InChI is InChI=1S/C11H13N3O2/c1-3-5-9-12-10-8(11(15)16-2)6-4-7-14(10)13-9/h4,6-7H,3,5H2,1-2H3. The Morgan fingerprint density at radius 1 is 1.56 bits per heavy atom. The van der Waals surface area contributed by atoms with E-state index in [-0.39, 0.29) is 5.97 Å². The maximum atomic E-state index is 11.5. The minimum Gasteiger partial charge on any atom is -0.465 e. The number of carbonyl (C=O) groups is 1. The number of aryl methyl sites for hydroxylation is 1. The minimum absolute atomic E-state index is 0.388. The second kappa shape index (κ2) is 4.30. The Kier molecular flexibility index (Phi) is 2.85. The number of ether oxygens (including phenoxy) is 1. The normalized spacial score (nSPS) is 10.6. The van der Waals surface area contributed by atoms with E-state index in [1.165, 1.54) is 7.11 Å². The molecule has 0 unspecified atom stereocenters. The zero-order valence-corrected chi connectivity index (χ0v) is 9.30. The van der Waals surface area contributed by atoms with Crippen LogP contribution in [0, 0.1) is 0 Å². The van der Waals surface area contributed by atoms with E-state index in [0.29, 0.717) is 11.2 Å². The number of hydrogen-bond acceptors (Lipinski definition) is 4. The summed E-state index contributed by atoms with van der Waals surface area (Å²) in [5.74, 6) is 0.361. The van der Waals surface area contributed by atoms with Crippen LogP contribution >= 0.6 is 0 Å². The molecule has 0 aliphatic carbocycles. The summed E-state index contributed by atoms with van der Waals surface area (Å²) in [4.78, 5) is 15.8. The Labute approximate surface area is 93.1 Å². The minimum atomic E-state index is -0.388. The third-order valence-electron chi connectivity index (χ3n) is 2.29. The van der Waals surface area contributed by atoms with E-state index in [1.807, 2.05) is 0 Å². The lowest BCUT2D eigenvalue weighted by atomic mass is 10.3. The third-order valence-corrected chi connectivity index (χ3v) is 2.29. The summed E-state index contributed by atoms with van der Waals surface area (Å²) < 4.78 is 6.30. The lowest BCUT2D eigenvalue weighted by molar-refractivity contribution is 0.0602. The summed E-state index contributed by atoms with van der Waals surface area (Å²) in [6.45, 7) is 2.06. The highest BCUT2D eigenvalue weighted by Gasteiger charge is 2.13. The average molecular weight is 219 g/mol. The molecule has 5 heteroatoms. The number of fused-ring (bicyclic) bond motifs is 1. The van der Waals surface area contributed by atoms with E-state index < -0.39 is 0 Å². The first-order valence-corrected chi connectivity index (χ1v) is 5.19. The Morgan fingerprint density at radius 2 is 2.38 bits per heavy atom. The topological polar surface area (TPSA) is 56.5 Å². The van der Waals surface area contributed by atoms with Crippen molar-refractivity contribution in [3.8, 4) is 0 Å². The smallest absolute Gasteiger partial charge is 0.341 e. The van der Waals surface area contributed by atoms with Crippen molar-refractivity contribution < 1.29 is 9.53 Å². The molecule has 0 atom stereocenters. The molecule has 2 aromatic rings. The first kappa shape index (κ1) is 10.6. The molecule has 84 valence electrons. The lowest BCUT2D eigenvalue weighted by Gasteiger charge is -1.99. The van der Waals surface area contributed by atoms with Crippen molar-refractivity contribution in [2.24, 2.45) is 0 Å². The van der Waals surface area contributed by atoms with Gasteiger partial charge in [0.15, 0.2) is 11.5 Å².